The molecule has 21 heavy (non-hydrogen) atoms. The van der Waals surface area contributed by atoms with E-state index in [9.17, 15) is 0 Å². The van der Waals surface area contributed by atoms with Gasteiger partial charge in [0.15, 0.2) is 0 Å². The van der Waals surface area contributed by atoms with Gasteiger partial charge in [0.1, 0.15) is 5.75 Å². The van der Waals surface area contributed by atoms with E-state index < -0.39 is 0 Å². The second-order valence-electron chi connectivity index (χ2n) is 4.61. The molecule has 0 bridgehead atoms. The topological polar surface area (TPSA) is 21.3 Å². The molecule has 0 aliphatic rings. The summed E-state index contributed by atoms with van der Waals surface area (Å²) in [5.74, 6) is 0.902. The molecule has 1 atom stereocenters. The fourth-order valence-electron chi connectivity index (χ4n) is 2.00. The minimum Gasteiger partial charge on any atom is -0.494 e. The number of nitrogens with one attached hydrogen (secondary N) is 1. The Kier molecular flexibility index (Phi) is 6.14. The van der Waals surface area contributed by atoms with Crippen LogP contribution in [0.25, 0.3) is 0 Å². The van der Waals surface area contributed by atoms with Crippen molar-refractivity contribution in [2.45, 2.75) is 19.9 Å². The minimum absolute atomic E-state index is 0.189. The number of hydrogen-bond acceptors (Lipinski definition) is 2. The highest BCUT2D eigenvalue weighted by Gasteiger charge is 2.11. The van der Waals surface area contributed by atoms with Gasteiger partial charge >= 0.3 is 0 Å². The highest BCUT2D eigenvalue weighted by Crippen LogP contribution is 2.36. The summed E-state index contributed by atoms with van der Waals surface area (Å²) >= 11 is 10.7. The monoisotopic (exact) mass is 475 g/mol. The lowest BCUT2D eigenvalue weighted by molar-refractivity contribution is 0.340. The Morgan fingerprint density at radius 3 is 2.14 bits per heavy atom. The molecular formula is C16H16Br3NO. The van der Waals surface area contributed by atoms with Crippen LogP contribution in [0, 0.1) is 0 Å². The number of hydrogen-bond donors (Lipinski definition) is 1. The third-order valence-corrected chi connectivity index (χ3v) is 4.77. The summed E-state index contributed by atoms with van der Waals surface area (Å²) in [4.78, 5) is 0. The standard InChI is InChI=1S/C16H16Br3NO/c1-3-21-13-6-4-11(5-7-13)10(2)20-16-14(18)8-12(17)9-15(16)19/h4-10,20H,3H2,1-2H3. The highest BCUT2D eigenvalue weighted by molar-refractivity contribution is 9.11. The maximum Gasteiger partial charge on any atom is 0.119 e. The average molecular weight is 478 g/mol. The number of rotatable bonds is 5. The van der Waals surface area contributed by atoms with Crippen LogP contribution in [0.3, 0.4) is 0 Å². The van der Waals surface area contributed by atoms with Crippen LogP contribution in [-0.4, -0.2) is 6.61 Å². The summed E-state index contributed by atoms with van der Waals surface area (Å²) in [5.41, 5.74) is 2.25. The van der Waals surface area contributed by atoms with E-state index in [1.807, 2.05) is 31.2 Å². The SMILES string of the molecule is CCOc1ccc(C(C)Nc2c(Br)cc(Br)cc2Br)cc1. The molecule has 0 heterocycles. The number of benzene rings is 2. The number of anilines is 1. The van der Waals surface area contributed by atoms with Crippen LogP contribution < -0.4 is 10.1 Å². The van der Waals surface area contributed by atoms with E-state index in [1.165, 1.54) is 5.56 Å². The molecule has 2 aromatic carbocycles. The lowest BCUT2D eigenvalue weighted by Crippen LogP contribution is -2.07. The zero-order valence-corrected chi connectivity index (χ0v) is 16.5. The second kappa shape index (κ2) is 7.65. The Morgan fingerprint density at radius 2 is 1.62 bits per heavy atom. The van der Waals surface area contributed by atoms with Crippen LogP contribution in [0.4, 0.5) is 5.69 Å². The van der Waals surface area contributed by atoms with Gasteiger partial charge in [-0.2, -0.15) is 0 Å². The first kappa shape index (κ1) is 16.8. The molecule has 0 aliphatic heterocycles. The largest absolute Gasteiger partial charge is 0.494 e. The Labute approximate surface area is 150 Å². The van der Waals surface area contributed by atoms with Gasteiger partial charge in [0.05, 0.1) is 12.3 Å². The minimum atomic E-state index is 0.189. The Hall–Kier alpha value is -0.520. The first-order valence-electron chi connectivity index (χ1n) is 6.65. The van der Waals surface area contributed by atoms with E-state index in [-0.39, 0.29) is 6.04 Å². The average Bonchev–Trinajstić information content (AvgIpc) is 2.43. The van der Waals surface area contributed by atoms with Crippen molar-refractivity contribution in [1.82, 2.24) is 0 Å². The van der Waals surface area contributed by atoms with Gasteiger partial charge < -0.3 is 10.1 Å². The van der Waals surface area contributed by atoms with Crippen molar-refractivity contribution in [1.29, 1.82) is 0 Å². The van der Waals surface area contributed by atoms with Gasteiger partial charge in [0, 0.05) is 19.5 Å². The first-order valence-corrected chi connectivity index (χ1v) is 9.03. The van der Waals surface area contributed by atoms with Crippen molar-refractivity contribution in [2.24, 2.45) is 0 Å². The van der Waals surface area contributed by atoms with Crippen LogP contribution in [0.1, 0.15) is 25.5 Å². The summed E-state index contributed by atoms with van der Waals surface area (Å²) in [6.07, 6.45) is 0. The maximum atomic E-state index is 5.47. The summed E-state index contributed by atoms with van der Waals surface area (Å²) in [6.45, 7) is 4.81. The molecule has 0 spiro atoms. The summed E-state index contributed by atoms with van der Waals surface area (Å²) < 4.78 is 8.53. The quantitative estimate of drug-likeness (QED) is 0.527. The van der Waals surface area contributed by atoms with Crippen LogP contribution in [0.5, 0.6) is 5.75 Å². The molecule has 0 saturated heterocycles. The smallest absolute Gasteiger partial charge is 0.119 e. The van der Waals surface area contributed by atoms with Crippen molar-refractivity contribution in [3.63, 3.8) is 0 Å². The lowest BCUT2D eigenvalue weighted by atomic mass is 10.1. The molecule has 2 rings (SSSR count). The molecule has 2 nitrogen and oxygen atoms in total. The fourth-order valence-corrected chi connectivity index (χ4v) is 4.49. The Morgan fingerprint density at radius 1 is 1.05 bits per heavy atom. The van der Waals surface area contributed by atoms with Gasteiger partial charge in [-0.3, -0.25) is 0 Å². The maximum absolute atomic E-state index is 5.47. The third-order valence-electron chi connectivity index (χ3n) is 3.06. The van der Waals surface area contributed by atoms with Gasteiger partial charge in [0.2, 0.25) is 0 Å². The molecule has 0 saturated carbocycles. The summed E-state index contributed by atoms with van der Waals surface area (Å²) in [7, 11) is 0. The predicted molar refractivity (Wildman–Crippen MR) is 99.2 cm³/mol. The van der Waals surface area contributed by atoms with Gasteiger partial charge in [-0.25, -0.2) is 0 Å². The van der Waals surface area contributed by atoms with Gasteiger partial charge in [-0.15, -0.1) is 0 Å². The van der Waals surface area contributed by atoms with E-state index in [4.69, 9.17) is 4.74 Å². The van der Waals surface area contributed by atoms with E-state index >= 15 is 0 Å². The van der Waals surface area contributed by atoms with Crippen molar-refractivity contribution in [3.05, 3.63) is 55.4 Å². The summed E-state index contributed by atoms with van der Waals surface area (Å²) in [5, 5.41) is 3.52. The predicted octanol–water partition coefficient (Wildman–Crippen LogP) is 6.55. The van der Waals surface area contributed by atoms with Crippen LogP contribution in [-0.2, 0) is 0 Å². The van der Waals surface area contributed by atoms with Gasteiger partial charge in [-0.05, 0) is 75.5 Å². The molecule has 5 heteroatoms. The lowest BCUT2D eigenvalue weighted by Gasteiger charge is -2.19. The summed E-state index contributed by atoms with van der Waals surface area (Å²) in [6, 6.07) is 12.4. The molecule has 1 N–H and O–H groups in total. The van der Waals surface area contributed by atoms with E-state index in [0.717, 1.165) is 24.9 Å². The second-order valence-corrected chi connectivity index (χ2v) is 7.24. The fraction of sp³-hybridized carbons (Fsp3) is 0.250. The molecular weight excluding hydrogens is 462 g/mol. The van der Waals surface area contributed by atoms with Gasteiger partial charge in [0.25, 0.3) is 0 Å². The normalized spacial score (nSPS) is 12.0. The van der Waals surface area contributed by atoms with E-state index in [1.54, 1.807) is 0 Å². The van der Waals surface area contributed by atoms with Crippen molar-refractivity contribution in [3.8, 4) is 5.75 Å². The molecule has 0 radical (unpaired) electrons. The molecule has 112 valence electrons. The van der Waals surface area contributed by atoms with Crippen molar-refractivity contribution < 1.29 is 4.74 Å². The van der Waals surface area contributed by atoms with Crippen LogP contribution >= 0.6 is 47.8 Å². The third kappa shape index (κ3) is 4.47. The Bertz CT molecular complexity index is 590. The van der Waals surface area contributed by atoms with Crippen molar-refractivity contribution in [2.75, 3.05) is 11.9 Å². The molecule has 0 aliphatic carbocycles. The zero-order valence-electron chi connectivity index (χ0n) is 11.8. The highest BCUT2D eigenvalue weighted by atomic mass is 79.9. The molecule has 1 unspecified atom stereocenters. The molecule has 0 fully saturated rings. The van der Waals surface area contributed by atoms with Gasteiger partial charge in [-0.1, -0.05) is 28.1 Å². The van der Waals surface area contributed by atoms with Crippen LogP contribution in [0.2, 0.25) is 0 Å². The molecule has 0 amide bonds. The molecule has 2 aromatic rings. The first-order chi connectivity index (χ1) is 10.0. The van der Waals surface area contributed by atoms with E-state index in [0.29, 0.717) is 6.61 Å². The molecule has 0 aromatic heterocycles. The zero-order chi connectivity index (χ0) is 15.4. The number of halogens is 3. The van der Waals surface area contributed by atoms with Crippen LogP contribution in [0.15, 0.2) is 49.8 Å². The van der Waals surface area contributed by atoms with E-state index in [2.05, 4.69) is 72.2 Å². The van der Waals surface area contributed by atoms with Crippen molar-refractivity contribution >= 4 is 53.5 Å². The Balaban J connectivity index is 2.16. The number of ether oxygens (including phenoxy) is 1.